The number of benzene rings is 4. The van der Waals surface area contributed by atoms with E-state index in [1.807, 2.05) is 48.5 Å². The van der Waals surface area contributed by atoms with Gasteiger partial charge in [0, 0.05) is 29.8 Å². The molecular formula is C30H26N2O4. The zero-order valence-electron chi connectivity index (χ0n) is 19.9. The summed E-state index contributed by atoms with van der Waals surface area (Å²) in [7, 11) is 0. The number of non-ortho nitro benzene ring substituents is 1. The van der Waals surface area contributed by atoms with Crippen LogP contribution in [0.2, 0.25) is 0 Å². The van der Waals surface area contributed by atoms with Crippen LogP contribution in [0, 0.1) is 10.1 Å². The van der Waals surface area contributed by atoms with Crippen LogP contribution in [0.4, 0.5) is 11.4 Å². The Morgan fingerprint density at radius 1 is 0.889 bits per heavy atom. The van der Waals surface area contributed by atoms with Crippen molar-refractivity contribution < 1.29 is 14.4 Å². The fourth-order valence-corrected chi connectivity index (χ4v) is 5.49. The molecule has 0 radical (unpaired) electrons. The van der Waals surface area contributed by atoms with Crippen LogP contribution in [0.3, 0.4) is 0 Å². The van der Waals surface area contributed by atoms with Gasteiger partial charge in [0.25, 0.3) is 5.69 Å². The molecule has 36 heavy (non-hydrogen) atoms. The van der Waals surface area contributed by atoms with Gasteiger partial charge in [0.15, 0.2) is 12.5 Å². The average Bonchev–Trinajstić information content (AvgIpc) is 2.93. The Morgan fingerprint density at radius 2 is 1.53 bits per heavy atom. The van der Waals surface area contributed by atoms with Crippen molar-refractivity contribution in [1.82, 2.24) is 0 Å². The van der Waals surface area contributed by atoms with Crippen LogP contribution in [0.25, 0.3) is 0 Å². The molecule has 4 aromatic carbocycles. The SMILES string of the molecule is CCCC1Oc2ccc([N+](=O)[O-])cc2C2OC(c3ccccc3)(c3ccccc3)c3ccccc3N12. The fraction of sp³-hybridized carbons (Fsp3) is 0.200. The summed E-state index contributed by atoms with van der Waals surface area (Å²) in [6, 6.07) is 33.4. The molecule has 0 bridgehead atoms. The first-order valence-corrected chi connectivity index (χ1v) is 12.2. The van der Waals surface area contributed by atoms with Crippen molar-refractivity contribution in [2.75, 3.05) is 4.90 Å². The third-order valence-electron chi connectivity index (χ3n) is 7.04. The zero-order valence-corrected chi connectivity index (χ0v) is 19.9. The molecule has 0 spiro atoms. The molecule has 0 saturated heterocycles. The number of nitrogens with zero attached hydrogens (tertiary/aromatic N) is 2. The van der Waals surface area contributed by atoms with Crippen LogP contribution < -0.4 is 9.64 Å². The molecule has 0 N–H and O–H groups in total. The number of nitro groups is 1. The standard InChI is InChI=1S/C30H26N2O4/c1-2-11-28-31-26-17-10-9-16-25(26)30(21-12-5-3-6-13-21,22-14-7-4-8-15-22)36-29(31)24-20-23(32(33)34)18-19-27(24)35-28/h3-10,12-20,28-29H,2,11H2,1H3. The highest BCUT2D eigenvalue weighted by atomic mass is 16.6. The molecule has 0 aromatic heterocycles. The maximum Gasteiger partial charge on any atom is 0.270 e. The highest BCUT2D eigenvalue weighted by molar-refractivity contribution is 5.67. The van der Waals surface area contributed by atoms with E-state index in [4.69, 9.17) is 9.47 Å². The lowest BCUT2D eigenvalue weighted by Crippen LogP contribution is -2.54. The van der Waals surface area contributed by atoms with E-state index in [0.717, 1.165) is 35.2 Å². The van der Waals surface area contributed by atoms with Gasteiger partial charge >= 0.3 is 0 Å². The Kier molecular flexibility index (Phi) is 5.46. The highest BCUT2D eigenvalue weighted by Crippen LogP contribution is 2.56. The first kappa shape index (κ1) is 22.3. The Bertz CT molecular complexity index is 1370. The summed E-state index contributed by atoms with van der Waals surface area (Å²) in [5, 5.41) is 11.7. The number of para-hydroxylation sites is 1. The first-order valence-electron chi connectivity index (χ1n) is 12.2. The predicted molar refractivity (Wildman–Crippen MR) is 138 cm³/mol. The smallest absolute Gasteiger partial charge is 0.270 e. The third kappa shape index (κ3) is 3.37. The minimum absolute atomic E-state index is 0.0127. The van der Waals surface area contributed by atoms with Gasteiger partial charge in [-0.2, -0.15) is 0 Å². The molecule has 180 valence electrons. The second-order valence-corrected chi connectivity index (χ2v) is 9.15. The van der Waals surface area contributed by atoms with Crippen LogP contribution in [0.15, 0.2) is 103 Å². The van der Waals surface area contributed by atoms with Crippen molar-refractivity contribution in [1.29, 1.82) is 0 Å². The number of hydrogen-bond donors (Lipinski definition) is 0. The number of nitro benzene ring substituents is 1. The van der Waals surface area contributed by atoms with Crippen molar-refractivity contribution in [2.45, 2.75) is 37.8 Å². The lowest BCUT2D eigenvalue weighted by Gasteiger charge is -2.53. The van der Waals surface area contributed by atoms with Gasteiger partial charge in [0.2, 0.25) is 0 Å². The normalized spacial score (nSPS) is 19.4. The van der Waals surface area contributed by atoms with Crippen LogP contribution in [0.5, 0.6) is 5.75 Å². The number of hydrogen-bond acceptors (Lipinski definition) is 5. The van der Waals surface area contributed by atoms with Crippen molar-refractivity contribution in [2.24, 2.45) is 0 Å². The Hall–Kier alpha value is -4.16. The molecule has 2 aliphatic heterocycles. The molecule has 6 heteroatoms. The number of fused-ring (bicyclic) bond motifs is 5. The monoisotopic (exact) mass is 478 g/mol. The van der Waals surface area contributed by atoms with E-state index in [1.165, 1.54) is 6.07 Å². The Morgan fingerprint density at radius 3 is 2.17 bits per heavy atom. The Balaban J connectivity index is 1.66. The number of rotatable bonds is 5. The second-order valence-electron chi connectivity index (χ2n) is 9.15. The van der Waals surface area contributed by atoms with E-state index in [9.17, 15) is 10.1 Å². The predicted octanol–water partition coefficient (Wildman–Crippen LogP) is 6.94. The number of ether oxygens (including phenoxy) is 2. The minimum Gasteiger partial charge on any atom is -0.470 e. The van der Waals surface area contributed by atoms with Crippen LogP contribution in [-0.2, 0) is 10.3 Å². The molecule has 2 aliphatic rings. The minimum atomic E-state index is -0.920. The van der Waals surface area contributed by atoms with Gasteiger partial charge in [-0.1, -0.05) is 92.2 Å². The van der Waals surface area contributed by atoms with Crippen LogP contribution >= 0.6 is 0 Å². The van der Waals surface area contributed by atoms with Crippen molar-refractivity contribution >= 4 is 11.4 Å². The molecule has 6 rings (SSSR count). The maximum absolute atomic E-state index is 11.7. The first-order chi connectivity index (χ1) is 17.6. The van der Waals surface area contributed by atoms with Gasteiger partial charge in [-0.05, 0) is 23.3 Å². The summed E-state index contributed by atoms with van der Waals surface area (Å²) < 4.78 is 13.7. The molecule has 4 aromatic rings. The average molecular weight is 479 g/mol. The molecule has 2 atom stereocenters. The summed E-state index contributed by atoms with van der Waals surface area (Å²) in [6.07, 6.45) is 0.856. The lowest BCUT2D eigenvalue weighted by atomic mass is 9.77. The van der Waals surface area contributed by atoms with E-state index < -0.39 is 11.8 Å². The largest absolute Gasteiger partial charge is 0.470 e. The third-order valence-corrected chi connectivity index (χ3v) is 7.04. The molecule has 0 fully saturated rings. The molecule has 2 unspecified atom stereocenters. The van der Waals surface area contributed by atoms with Gasteiger partial charge in [0.05, 0.1) is 10.5 Å². The summed E-state index contributed by atoms with van der Waals surface area (Å²) >= 11 is 0. The van der Waals surface area contributed by atoms with Crippen molar-refractivity contribution in [3.05, 3.63) is 135 Å². The van der Waals surface area contributed by atoms with Gasteiger partial charge < -0.3 is 14.4 Å². The fourth-order valence-electron chi connectivity index (χ4n) is 5.49. The summed E-state index contributed by atoms with van der Waals surface area (Å²) in [6.45, 7) is 2.12. The number of anilines is 1. The van der Waals surface area contributed by atoms with Crippen molar-refractivity contribution in [3.63, 3.8) is 0 Å². The highest BCUT2D eigenvalue weighted by Gasteiger charge is 2.51. The van der Waals surface area contributed by atoms with E-state index in [2.05, 4.69) is 48.2 Å². The van der Waals surface area contributed by atoms with Gasteiger partial charge in [-0.3, -0.25) is 10.1 Å². The second kappa shape index (κ2) is 8.81. The topological polar surface area (TPSA) is 64.8 Å². The maximum atomic E-state index is 11.7. The van der Waals surface area contributed by atoms with Crippen LogP contribution in [0.1, 0.15) is 48.2 Å². The van der Waals surface area contributed by atoms with E-state index in [-0.39, 0.29) is 16.8 Å². The van der Waals surface area contributed by atoms with E-state index in [1.54, 1.807) is 12.1 Å². The Labute approximate surface area is 209 Å². The van der Waals surface area contributed by atoms with Gasteiger partial charge in [-0.15, -0.1) is 0 Å². The lowest BCUT2D eigenvalue weighted by molar-refractivity contribution is -0.385. The summed E-state index contributed by atoms with van der Waals surface area (Å²) in [5.74, 6) is 0.620. The van der Waals surface area contributed by atoms with Gasteiger partial charge in [0.1, 0.15) is 11.4 Å². The quantitative estimate of drug-likeness (QED) is 0.230. The molecule has 0 saturated carbocycles. The van der Waals surface area contributed by atoms with Crippen LogP contribution in [-0.4, -0.2) is 11.2 Å². The molecule has 6 nitrogen and oxygen atoms in total. The molecule has 2 heterocycles. The summed E-state index contributed by atoms with van der Waals surface area (Å²) in [4.78, 5) is 13.5. The molecule has 0 aliphatic carbocycles. The molecular weight excluding hydrogens is 452 g/mol. The zero-order chi connectivity index (χ0) is 24.7. The van der Waals surface area contributed by atoms with Crippen molar-refractivity contribution in [3.8, 4) is 5.75 Å². The van der Waals surface area contributed by atoms with E-state index >= 15 is 0 Å². The van der Waals surface area contributed by atoms with E-state index in [0.29, 0.717) is 11.3 Å². The van der Waals surface area contributed by atoms with Gasteiger partial charge in [-0.25, -0.2) is 0 Å². The molecule has 0 amide bonds. The summed E-state index contributed by atoms with van der Waals surface area (Å²) in [5.41, 5.74) is 3.74.